The van der Waals surface area contributed by atoms with Gasteiger partial charge in [0, 0.05) is 44.0 Å². The Morgan fingerprint density at radius 2 is 1.81 bits per heavy atom. The first-order valence-corrected chi connectivity index (χ1v) is 7.10. The van der Waals surface area contributed by atoms with Crippen molar-refractivity contribution in [3.63, 3.8) is 0 Å². The van der Waals surface area contributed by atoms with Crippen molar-refractivity contribution in [1.82, 2.24) is 20.0 Å². The van der Waals surface area contributed by atoms with Crippen LogP contribution in [0.2, 0.25) is 0 Å². The van der Waals surface area contributed by atoms with Gasteiger partial charge >= 0.3 is 0 Å². The van der Waals surface area contributed by atoms with Crippen molar-refractivity contribution in [2.75, 3.05) is 43.4 Å². The number of aryl methyl sites for hydroxylation is 2. The molecule has 2 aromatic heterocycles. The van der Waals surface area contributed by atoms with Gasteiger partial charge in [0.1, 0.15) is 11.6 Å². The summed E-state index contributed by atoms with van der Waals surface area (Å²) in [6.07, 6.45) is 0. The molecule has 1 aliphatic rings. The first-order valence-electron chi connectivity index (χ1n) is 7.10. The minimum atomic E-state index is 0.662. The van der Waals surface area contributed by atoms with Crippen LogP contribution in [0.1, 0.15) is 11.5 Å². The molecule has 0 amide bonds. The summed E-state index contributed by atoms with van der Waals surface area (Å²) in [7, 11) is 2.13. The topological polar surface area (TPSA) is 70.3 Å². The number of likely N-dealkylation sites (N-methyl/N-ethyl adjacent to an activating group) is 1. The SMILES string of the molecule is Cc1cc(Nc2cc(C)on2)nc(N2CCN(C)CC2)n1. The van der Waals surface area contributed by atoms with Gasteiger partial charge in [-0.05, 0) is 20.9 Å². The standard InChI is InChI=1S/C14H20N6O/c1-10-8-12(16-13-9-11(2)21-18-13)17-14(15-10)20-6-4-19(3)5-7-20/h8-9H,4-7H2,1-3H3,(H,15,16,17,18). The van der Waals surface area contributed by atoms with Gasteiger partial charge in [0.2, 0.25) is 5.95 Å². The van der Waals surface area contributed by atoms with Crippen LogP contribution in [0.5, 0.6) is 0 Å². The summed E-state index contributed by atoms with van der Waals surface area (Å²) in [5, 5.41) is 7.09. The average molecular weight is 288 g/mol. The number of nitrogens with one attached hydrogen (secondary N) is 1. The quantitative estimate of drug-likeness (QED) is 0.919. The number of rotatable bonds is 3. The van der Waals surface area contributed by atoms with E-state index in [1.54, 1.807) is 0 Å². The van der Waals surface area contributed by atoms with E-state index < -0.39 is 0 Å². The largest absolute Gasteiger partial charge is 0.360 e. The molecule has 0 aromatic carbocycles. The zero-order valence-corrected chi connectivity index (χ0v) is 12.6. The Morgan fingerprint density at radius 3 is 2.48 bits per heavy atom. The van der Waals surface area contributed by atoms with Crippen molar-refractivity contribution in [2.24, 2.45) is 0 Å². The maximum atomic E-state index is 5.05. The fourth-order valence-corrected chi connectivity index (χ4v) is 2.32. The third-order valence-corrected chi connectivity index (χ3v) is 3.51. The van der Waals surface area contributed by atoms with Gasteiger partial charge in [0.05, 0.1) is 0 Å². The lowest BCUT2D eigenvalue weighted by Gasteiger charge is -2.32. The van der Waals surface area contributed by atoms with Gasteiger partial charge in [0.15, 0.2) is 5.82 Å². The molecule has 0 radical (unpaired) electrons. The Hall–Kier alpha value is -2.15. The Labute approximate surface area is 124 Å². The van der Waals surface area contributed by atoms with Gasteiger partial charge < -0.3 is 19.6 Å². The Morgan fingerprint density at radius 1 is 1.05 bits per heavy atom. The van der Waals surface area contributed by atoms with Crippen LogP contribution in [0, 0.1) is 13.8 Å². The van der Waals surface area contributed by atoms with E-state index in [1.807, 2.05) is 26.0 Å². The molecule has 3 heterocycles. The lowest BCUT2D eigenvalue weighted by molar-refractivity contribution is 0.311. The third kappa shape index (κ3) is 3.30. The predicted octanol–water partition coefficient (Wildman–Crippen LogP) is 1.58. The molecule has 7 heteroatoms. The molecule has 0 spiro atoms. The molecule has 0 saturated carbocycles. The first-order chi connectivity index (χ1) is 10.1. The van der Waals surface area contributed by atoms with Crippen LogP contribution in [0.4, 0.5) is 17.6 Å². The molecule has 1 aliphatic heterocycles. The summed E-state index contributed by atoms with van der Waals surface area (Å²) >= 11 is 0. The van der Waals surface area contributed by atoms with E-state index in [0.717, 1.165) is 49.4 Å². The Balaban J connectivity index is 1.79. The van der Waals surface area contributed by atoms with E-state index in [9.17, 15) is 0 Å². The number of anilines is 3. The number of nitrogens with zero attached hydrogens (tertiary/aromatic N) is 5. The molecule has 1 saturated heterocycles. The van der Waals surface area contributed by atoms with E-state index in [-0.39, 0.29) is 0 Å². The summed E-state index contributed by atoms with van der Waals surface area (Å²) in [4.78, 5) is 13.7. The monoisotopic (exact) mass is 288 g/mol. The van der Waals surface area contributed by atoms with Crippen LogP contribution in [0.3, 0.4) is 0 Å². The van der Waals surface area contributed by atoms with Crippen LogP contribution < -0.4 is 10.2 Å². The van der Waals surface area contributed by atoms with Crippen LogP contribution in [0.15, 0.2) is 16.7 Å². The van der Waals surface area contributed by atoms with E-state index in [1.165, 1.54) is 0 Å². The van der Waals surface area contributed by atoms with Crippen LogP contribution in [-0.4, -0.2) is 53.3 Å². The lowest BCUT2D eigenvalue weighted by Crippen LogP contribution is -2.45. The molecule has 0 aliphatic carbocycles. The number of hydrogen-bond acceptors (Lipinski definition) is 7. The first kappa shape index (κ1) is 13.8. The van der Waals surface area contributed by atoms with E-state index in [2.05, 4.69) is 37.3 Å². The molecule has 1 N–H and O–H groups in total. The third-order valence-electron chi connectivity index (χ3n) is 3.51. The van der Waals surface area contributed by atoms with Crippen molar-refractivity contribution in [2.45, 2.75) is 13.8 Å². The minimum absolute atomic E-state index is 0.662. The maximum Gasteiger partial charge on any atom is 0.227 e. The normalized spacial score (nSPS) is 16.2. The maximum absolute atomic E-state index is 5.05. The zero-order valence-electron chi connectivity index (χ0n) is 12.6. The summed E-state index contributed by atoms with van der Waals surface area (Å²) < 4.78 is 5.05. The van der Waals surface area contributed by atoms with Crippen molar-refractivity contribution in [3.05, 3.63) is 23.6 Å². The minimum Gasteiger partial charge on any atom is -0.360 e. The van der Waals surface area contributed by atoms with Crippen molar-refractivity contribution < 1.29 is 4.52 Å². The predicted molar refractivity (Wildman–Crippen MR) is 81.0 cm³/mol. The molecular formula is C14H20N6O. The van der Waals surface area contributed by atoms with Crippen LogP contribution in [0.25, 0.3) is 0 Å². The fourth-order valence-electron chi connectivity index (χ4n) is 2.32. The number of hydrogen-bond donors (Lipinski definition) is 1. The molecule has 0 bridgehead atoms. The molecular weight excluding hydrogens is 268 g/mol. The highest BCUT2D eigenvalue weighted by atomic mass is 16.5. The van der Waals surface area contributed by atoms with Crippen LogP contribution >= 0.6 is 0 Å². The smallest absolute Gasteiger partial charge is 0.227 e. The second-order valence-electron chi connectivity index (χ2n) is 5.43. The zero-order chi connectivity index (χ0) is 14.8. The molecule has 7 nitrogen and oxygen atoms in total. The van der Waals surface area contributed by atoms with Gasteiger partial charge in [-0.3, -0.25) is 0 Å². The van der Waals surface area contributed by atoms with Crippen molar-refractivity contribution in [3.8, 4) is 0 Å². The number of piperazine rings is 1. The molecule has 21 heavy (non-hydrogen) atoms. The van der Waals surface area contributed by atoms with E-state index >= 15 is 0 Å². The molecule has 0 atom stereocenters. The Bertz CT molecular complexity index is 618. The second-order valence-corrected chi connectivity index (χ2v) is 5.43. The summed E-state index contributed by atoms with van der Waals surface area (Å²) in [6, 6.07) is 3.75. The second kappa shape index (κ2) is 5.69. The molecule has 0 unspecified atom stereocenters. The average Bonchev–Trinajstić information content (AvgIpc) is 2.84. The van der Waals surface area contributed by atoms with Gasteiger partial charge in [-0.1, -0.05) is 5.16 Å². The van der Waals surface area contributed by atoms with Gasteiger partial charge in [0.25, 0.3) is 0 Å². The lowest BCUT2D eigenvalue weighted by atomic mass is 10.3. The van der Waals surface area contributed by atoms with Gasteiger partial charge in [-0.2, -0.15) is 4.98 Å². The highest BCUT2D eigenvalue weighted by Gasteiger charge is 2.17. The highest BCUT2D eigenvalue weighted by molar-refractivity contribution is 5.54. The summed E-state index contributed by atoms with van der Waals surface area (Å²) in [5.41, 5.74) is 0.932. The molecule has 1 fully saturated rings. The molecule has 3 rings (SSSR count). The number of aromatic nitrogens is 3. The van der Waals surface area contributed by atoms with Crippen LogP contribution in [-0.2, 0) is 0 Å². The molecule has 112 valence electrons. The summed E-state index contributed by atoms with van der Waals surface area (Å²) in [5.74, 6) is 2.94. The van der Waals surface area contributed by atoms with Gasteiger partial charge in [-0.25, -0.2) is 4.98 Å². The fraction of sp³-hybridized carbons (Fsp3) is 0.500. The van der Waals surface area contributed by atoms with Crippen molar-refractivity contribution in [1.29, 1.82) is 0 Å². The highest BCUT2D eigenvalue weighted by Crippen LogP contribution is 2.19. The van der Waals surface area contributed by atoms with Crippen molar-refractivity contribution >= 4 is 17.6 Å². The Kier molecular flexibility index (Phi) is 3.74. The summed E-state index contributed by atoms with van der Waals surface area (Å²) in [6.45, 7) is 7.79. The van der Waals surface area contributed by atoms with Gasteiger partial charge in [-0.15, -0.1) is 0 Å². The molecule has 2 aromatic rings. The van der Waals surface area contributed by atoms with E-state index in [4.69, 9.17) is 4.52 Å². The van der Waals surface area contributed by atoms with E-state index in [0.29, 0.717) is 5.82 Å².